The average molecular weight is 185 g/mol. The van der Waals surface area contributed by atoms with Crippen LogP contribution in [0.2, 0.25) is 0 Å². The first-order valence-corrected chi connectivity index (χ1v) is 5.08. The molecule has 0 bridgehead atoms. The largest absolute Gasteiger partial charge is 0.481 e. The molecule has 3 nitrogen and oxygen atoms in total. The summed E-state index contributed by atoms with van der Waals surface area (Å²) in [4.78, 5) is 12.8. The summed E-state index contributed by atoms with van der Waals surface area (Å²) in [7, 11) is 2.06. The van der Waals surface area contributed by atoms with Crippen LogP contribution in [0.4, 0.5) is 0 Å². The molecule has 13 heavy (non-hydrogen) atoms. The maximum absolute atomic E-state index is 10.6. The van der Waals surface area contributed by atoms with Crippen LogP contribution in [0, 0.1) is 0 Å². The van der Waals surface area contributed by atoms with Crippen LogP contribution in [-0.4, -0.2) is 35.1 Å². The van der Waals surface area contributed by atoms with Gasteiger partial charge in [0.25, 0.3) is 0 Å². The first kappa shape index (κ1) is 10.5. The SMILES string of the molecule is CCC(CC(=O)O)N(C)C1CCC1. The molecule has 76 valence electrons. The smallest absolute Gasteiger partial charge is 0.304 e. The summed E-state index contributed by atoms with van der Waals surface area (Å²) >= 11 is 0. The third kappa shape index (κ3) is 2.69. The second-order valence-electron chi connectivity index (χ2n) is 3.91. The Hall–Kier alpha value is -0.570. The Morgan fingerprint density at radius 1 is 1.62 bits per heavy atom. The van der Waals surface area contributed by atoms with E-state index in [0.29, 0.717) is 6.04 Å². The van der Waals surface area contributed by atoms with E-state index in [4.69, 9.17) is 5.11 Å². The monoisotopic (exact) mass is 185 g/mol. The topological polar surface area (TPSA) is 40.5 Å². The number of aliphatic carboxylic acids is 1. The minimum Gasteiger partial charge on any atom is -0.481 e. The van der Waals surface area contributed by atoms with E-state index in [9.17, 15) is 4.79 Å². The van der Waals surface area contributed by atoms with E-state index < -0.39 is 5.97 Å². The van der Waals surface area contributed by atoms with Crippen molar-refractivity contribution in [2.45, 2.75) is 51.1 Å². The van der Waals surface area contributed by atoms with Crippen LogP contribution < -0.4 is 0 Å². The van der Waals surface area contributed by atoms with E-state index in [-0.39, 0.29) is 12.5 Å². The molecule has 1 fully saturated rings. The zero-order valence-electron chi connectivity index (χ0n) is 8.49. The van der Waals surface area contributed by atoms with Crippen molar-refractivity contribution in [3.63, 3.8) is 0 Å². The van der Waals surface area contributed by atoms with Crippen molar-refractivity contribution in [2.75, 3.05) is 7.05 Å². The zero-order valence-corrected chi connectivity index (χ0v) is 8.49. The van der Waals surface area contributed by atoms with Gasteiger partial charge >= 0.3 is 5.97 Å². The van der Waals surface area contributed by atoms with Crippen molar-refractivity contribution in [3.05, 3.63) is 0 Å². The lowest BCUT2D eigenvalue weighted by atomic mass is 9.90. The van der Waals surface area contributed by atoms with Gasteiger partial charge in [-0.15, -0.1) is 0 Å². The molecular weight excluding hydrogens is 166 g/mol. The van der Waals surface area contributed by atoms with Gasteiger partial charge in [-0.2, -0.15) is 0 Å². The number of hydrogen-bond acceptors (Lipinski definition) is 2. The summed E-state index contributed by atoms with van der Waals surface area (Å²) in [5.41, 5.74) is 0. The standard InChI is InChI=1S/C10H19NO2/c1-3-8(7-10(12)13)11(2)9-5-4-6-9/h8-9H,3-7H2,1-2H3,(H,12,13). The fourth-order valence-corrected chi connectivity index (χ4v) is 1.87. The normalized spacial score (nSPS) is 19.9. The number of carbonyl (C=O) groups is 1. The quantitative estimate of drug-likeness (QED) is 0.709. The molecule has 1 aliphatic carbocycles. The fourth-order valence-electron chi connectivity index (χ4n) is 1.87. The van der Waals surface area contributed by atoms with Gasteiger partial charge in [-0.25, -0.2) is 0 Å². The van der Waals surface area contributed by atoms with Crippen LogP contribution in [0.15, 0.2) is 0 Å². The van der Waals surface area contributed by atoms with Crippen molar-refractivity contribution in [2.24, 2.45) is 0 Å². The third-order valence-corrected chi connectivity index (χ3v) is 3.11. The minimum atomic E-state index is -0.682. The van der Waals surface area contributed by atoms with Crippen molar-refractivity contribution in [3.8, 4) is 0 Å². The molecule has 1 atom stereocenters. The van der Waals surface area contributed by atoms with Crippen LogP contribution in [0.1, 0.15) is 39.0 Å². The Morgan fingerprint density at radius 2 is 2.23 bits per heavy atom. The second kappa shape index (κ2) is 4.61. The van der Waals surface area contributed by atoms with Crippen molar-refractivity contribution >= 4 is 5.97 Å². The van der Waals surface area contributed by atoms with E-state index in [1.54, 1.807) is 0 Å². The summed E-state index contributed by atoms with van der Waals surface area (Å²) in [5, 5.41) is 8.71. The molecule has 1 unspecified atom stereocenters. The Labute approximate surface area is 79.7 Å². The van der Waals surface area contributed by atoms with Crippen LogP contribution >= 0.6 is 0 Å². The molecule has 3 heteroatoms. The van der Waals surface area contributed by atoms with Crippen LogP contribution in [0.25, 0.3) is 0 Å². The van der Waals surface area contributed by atoms with Gasteiger partial charge in [-0.3, -0.25) is 9.69 Å². The Morgan fingerprint density at radius 3 is 2.54 bits per heavy atom. The summed E-state index contributed by atoms with van der Waals surface area (Å²) in [6.45, 7) is 2.06. The number of nitrogens with zero attached hydrogens (tertiary/aromatic N) is 1. The molecule has 0 radical (unpaired) electrons. The van der Waals surface area contributed by atoms with Gasteiger partial charge in [-0.1, -0.05) is 13.3 Å². The number of rotatable bonds is 5. The van der Waals surface area contributed by atoms with Crippen molar-refractivity contribution in [1.29, 1.82) is 0 Å². The molecule has 0 spiro atoms. The Balaban J connectivity index is 2.39. The van der Waals surface area contributed by atoms with E-state index in [2.05, 4.69) is 18.9 Å². The van der Waals surface area contributed by atoms with E-state index >= 15 is 0 Å². The van der Waals surface area contributed by atoms with Crippen LogP contribution in [0.3, 0.4) is 0 Å². The minimum absolute atomic E-state index is 0.225. The zero-order chi connectivity index (χ0) is 9.84. The highest BCUT2D eigenvalue weighted by Crippen LogP contribution is 2.26. The van der Waals surface area contributed by atoms with Crippen molar-refractivity contribution < 1.29 is 9.90 Å². The molecule has 0 saturated heterocycles. The number of hydrogen-bond donors (Lipinski definition) is 1. The van der Waals surface area contributed by atoms with Crippen LogP contribution in [0.5, 0.6) is 0 Å². The number of carboxylic acid groups (broad SMARTS) is 1. The highest BCUT2D eigenvalue weighted by Gasteiger charge is 2.27. The molecule has 0 aromatic rings. The lowest BCUT2D eigenvalue weighted by molar-refractivity contribution is -0.138. The maximum atomic E-state index is 10.6. The molecule has 1 saturated carbocycles. The molecule has 0 aromatic heterocycles. The number of carboxylic acids is 1. The maximum Gasteiger partial charge on any atom is 0.304 e. The summed E-state index contributed by atoms with van der Waals surface area (Å²) in [6.07, 6.45) is 5.00. The first-order chi connectivity index (χ1) is 6.15. The first-order valence-electron chi connectivity index (χ1n) is 5.08. The summed E-state index contributed by atoms with van der Waals surface area (Å²) in [6, 6.07) is 0.868. The van der Waals surface area contributed by atoms with Gasteiger partial charge in [0, 0.05) is 12.1 Å². The molecular formula is C10H19NO2. The lowest BCUT2D eigenvalue weighted by Gasteiger charge is -2.39. The van der Waals surface area contributed by atoms with Crippen molar-refractivity contribution in [1.82, 2.24) is 4.90 Å². The average Bonchev–Trinajstić information content (AvgIpc) is 1.96. The molecule has 1 N–H and O–H groups in total. The molecule has 0 heterocycles. The molecule has 0 aromatic carbocycles. The van der Waals surface area contributed by atoms with Gasteiger partial charge in [-0.05, 0) is 26.3 Å². The highest BCUT2D eigenvalue weighted by atomic mass is 16.4. The predicted molar refractivity (Wildman–Crippen MR) is 51.7 cm³/mol. The predicted octanol–water partition coefficient (Wildman–Crippen LogP) is 1.72. The Bertz CT molecular complexity index is 178. The molecule has 0 aliphatic heterocycles. The highest BCUT2D eigenvalue weighted by molar-refractivity contribution is 5.67. The molecule has 1 rings (SSSR count). The molecule has 0 amide bonds. The van der Waals surface area contributed by atoms with Gasteiger partial charge in [0.1, 0.15) is 0 Å². The van der Waals surface area contributed by atoms with E-state index in [0.717, 1.165) is 6.42 Å². The van der Waals surface area contributed by atoms with Gasteiger partial charge in [0.2, 0.25) is 0 Å². The van der Waals surface area contributed by atoms with Gasteiger partial charge in [0.05, 0.1) is 6.42 Å². The second-order valence-corrected chi connectivity index (χ2v) is 3.91. The van der Waals surface area contributed by atoms with Crippen LogP contribution in [-0.2, 0) is 4.79 Å². The molecule has 1 aliphatic rings. The summed E-state index contributed by atoms with van der Waals surface area (Å²) < 4.78 is 0. The van der Waals surface area contributed by atoms with E-state index in [1.807, 2.05) is 0 Å². The Kier molecular flexibility index (Phi) is 3.72. The lowest BCUT2D eigenvalue weighted by Crippen LogP contribution is -2.44. The third-order valence-electron chi connectivity index (χ3n) is 3.11. The van der Waals surface area contributed by atoms with E-state index in [1.165, 1.54) is 19.3 Å². The van der Waals surface area contributed by atoms with Gasteiger partial charge < -0.3 is 5.11 Å². The van der Waals surface area contributed by atoms with Gasteiger partial charge in [0.15, 0.2) is 0 Å². The fraction of sp³-hybridized carbons (Fsp3) is 0.900. The summed E-state index contributed by atoms with van der Waals surface area (Å²) in [5.74, 6) is -0.682.